The lowest BCUT2D eigenvalue weighted by molar-refractivity contribution is 1.00. The SMILES string of the molecule is [C]1=C/C=C\CC/C=C\CC/C=C/C/1. The Balaban J connectivity index is 2.38. The summed E-state index contributed by atoms with van der Waals surface area (Å²) in [4.78, 5) is 0. The van der Waals surface area contributed by atoms with Crippen LogP contribution in [0.3, 0.4) is 0 Å². The summed E-state index contributed by atoms with van der Waals surface area (Å²) in [6.07, 6.45) is 24.0. The van der Waals surface area contributed by atoms with Crippen LogP contribution >= 0.6 is 0 Å². The number of hydrogen-bond acceptors (Lipinski definition) is 0. The van der Waals surface area contributed by atoms with Gasteiger partial charge in [0.05, 0.1) is 0 Å². The van der Waals surface area contributed by atoms with Crippen LogP contribution in [-0.4, -0.2) is 0 Å². The largest absolute Gasteiger partial charge is 0.0882 e. The molecule has 0 aromatic carbocycles. The molecule has 0 aromatic heterocycles. The van der Waals surface area contributed by atoms with Crippen LogP contribution in [0.1, 0.15) is 32.1 Å². The zero-order chi connectivity index (χ0) is 9.19. The van der Waals surface area contributed by atoms with Gasteiger partial charge in [-0.15, -0.1) is 0 Å². The summed E-state index contributed by atoms with van der Waals surface area (Å²) < 4.78 is 0. The highest BCUT2D eigenvalue weighted by Gasteiger charge is 1.79. The van der Waals surface area contributed by atoms with Crippen LogP contribution in [0.25, 0.3) is 0 Å². The molecule has 0 heteroatoms. The summed E-state index contributed by atoms with van der Waals surface area (Å²) in [6, 6.07) is 0. The van der Waals surface area contributed by atoms with Crippen molar-refractivity contribution in [1.29, 1.82) is 0 Å². The van der Waals surface area contributed by atoms with Crippen LogP contribution < -0.4 is 0 Å². The molecule has 0 aromatic rings. The highest BCUT2D eigenvalue weighted by Crippen LogP contribution is 2.00. The zero-order valence-electron chi connectivity index (χ0n) is 8.08. The van der Waals surface area contributed by atoms with Crippen molar-refractivity contribution in [3.63, 3.8) is 0 Å². The van der Waals surface area contributed by atoms with Crippen molar-refractivity contribution in [2.24, 2.45) is 0 Å². The molecule has 0 fully saturated rings. The van der Waals surface area contributed by atoms with Gasteiger partial charge in [-0.3, -0.25) is 0 Å². The number of rotatable bonds is 0. The zero-order valence-corrected chi connectivity index (χ0v) is 8.08. The first kappa shape index (κ1) is 10.0. The van der Waals surface area contributed by atoms with Crippen LogP contribution in [0.5, 0.6) is 0 Å². The Morgan fingerprint density at radius 3 is 2.08 bits per heavy atom. The van der Waals surface area contributed by atoms with Gasteiger partial charge in [0.15, 0.2) is 0 Å². The Bertz CT molecular complexity index is 216. The van der Waals surface area contributed by atoms with Gasteiger partial charge in [-0.05, 0) is 38.2 Å². The Hall–Kier alpha value is -1.04. The topological polar surface area (TPSA) is 0 Å². The van der Waals surface area contributed by atoms with E-state index in [1.54, 1.807) is 0 Å². The molecule has 0 unspecified atom stereocenters. The van der Waals surface area contributed by atoms with Gasteiger partial charge in [0.2, 0.25) is 0 Å². The summed E-state index contributed by atoms with van der Waals surface area (Å²) >= 11 is 0. The van der Waals surface area contributed by atoms with Gasteiger partial charge in [-0.25, -0.2) is 0 Å². The van der Waals surface area contributed by atoms with Crippen molar-refractivity contribution in [2.45, 2.75) is 32.1 Å². The standard InChI is InChI=1S/C13H17/c1-2-4-6-8-10-12-13-11-9-7-5-3-1/h1-3,8-11H,4,6-7,12-13H2/b2-1-,5-3?,10-8-,11-9+. The molecule has 0 saturated heterocycles. The van der Waals surface area contributed by atoms with Crippen molar-refractivity contribution in [2.75, 3.05) is 0 Å². The third kappa shape index (κ3) is 6.15. The van der Waals surface area contributed by atoms with Gasteiger partial charge in [0.1, 0.15) is 0 Å². The highest BCUT2D eigenvalue weighted by molar-refractivity contribution is 5.02. The van der Waals surface area contributed by atoms with E-state index in [-0.39, 0.29) is 0 Å². The van der Waals surface area contributed by atoms with Crippen LogP contribution in [0.15, 0.2) is 42.5 Å². The normalized spacial score (nSPS) is 28.9. The van der Waals surface area contributed by atoms with Crippen molar-refractivity contribution >= 4 is 0 Å². The first-order valence-corrected chi connectivity index (χ1v) is 5.02. The molecule has 0 bridgehead atoms. The first-order valence-electron chi connectivity index (χ1n) is 5.02. The van der Waals surface area contributed by atoms with E-state index in [1.807, 2.05) is 6.08 Å². The van der Waals surface area contributed by atoms with Crippen LogP contribution in [0, 0.1) is 6.08 Å². The summed E-state index contributed by atoms with van der Waals surface area (Å²) in [5.74, 6) is 0. The van der Waals surface area contributed by atoms with E-state index >= 15 is 0 Å². The molecular weight excluding hydrogens is 156 g/mol. The molecule has 0 N–H and O–H groups in total. The summed E-state index contributed by atoms with van der Waals surface area (Å²) in [7, 11) is 0. The molecule has 0 spiro atoms. The fourth-order valence-electron chi connectivity index (χ4n) is 1.19. The van der Waals surface area contributed by atoms with Crippen LogP contribution in [0.2, 0.25) is 0 Å². The Kier molecular flexibility index (Phi) is 5.87. The molecule has 1 radical (unpaired) electrons. The second kappa shape index (κ2) is 7.60. The van der Waals surface area contributed by atoms with Crippen molar-refractivity contribution in [3.05, 3.63) is 48.6 Å². The maximum absolute atomic E-state index is 3.20. The summed E-state index contributed by atoms with van der Waals surface area (Å²) in [5.41, 5.74) is 0. The summed E-state index contributed by atoms with van der Waals surface area (Å²) in [5, 5.41) is 0. The maximum atomic E-state index is 3.20. The molecule has 0 saturated carbocycles. The third-order valence-electron chi connectivity index (χ3n) is 1.92. The van der Waals surface area contributed by atoms with Gasteiger partial charge in [-0.1, -0.05) is 42.5 Å². The van der Waals surface area contributed by atoms with E-state index in [0.717, 1.165) is 25.7 Å². The fourth-order valence-corrected chi connectivity index (χ4v) is 1.19. The van der Waals surface area contributed by atoms with Gasteiger partial charge >= 0.3 is 0 Å². The van der Waals surface area contributed by atoms with Crippen molar-refractivity contribution in [1.82, 2.24) is 0 Å². The quantitative estimate of drug-likeness (QED) is 0.486. The van der Waals surface area contributed by atoms with Gasteiger partial charge < -0.3 is 0 Å². The minimum atomic E-state index is 0.939. The monoisotopic (exact) mass is 173 g/mol. The van der Waals surface area contributed by atoms with E-state index in [4.69, 9.17) is 0 Å². The maximum Gasteiger partial charge on any atom is -0.00946 e. The lowest BCUT2D eigenvalue weighted by Gasteiger charge is -1.87. The second-order valence-electron chi connectivity index (χ2n) is 3.10. The first-order chi connectivity index (χ1) is 6.50. The highest BCUT2D eigenvalue weighted by atomic mass is 13.9. The van der Waals surface area contributed by atoms with Gasteiger partial charge in [0, 0.05) is 0 Å². The molecule has 0 amide bonds. The molecule has 1 rings (SSSR count). The molecule has 13 heavy (non-hydrogen) atoms. The molecule has 0 nitrogen and oxygen atoms in total. The number of hydrogen-bond donors (Lipinski definition) is 0. The lowest BCUT2D eigenvalue weighted by atomic mass is 10.2. The average molecular weight is 173 g/mol. The lowest BCUT2D eigenvalue weighted by Crippen LogP contribution is -1.66. The molecule has 0 atom stereocenters. The van der Waals surface area contributed by atoms with Crippen LogP contribution in [-0.2, 0) is 0 Å². The second-order valence-corrected chi connectivity index (χ2v) is 3.10. The van der Waals surface area contributed by atoms with Crippen molar-refractivity contribution in [3.8, 4) is 0 Å². The Morgan fingerprint density at radius 1 is 0.692 bits per heavy atom. The van der Waals surface area contributed by atoms with E-state index in [2.05, 4.69) is 42.5 Å². The molecule has 69 valence electrons. The molecule has 0 heterocycles. The predicted octanol–water partition coefficient (Wildman–Crippen LogP) is 3.98. The molecule has 1 aliphatic rings. The molecular formula is C13H17. The summed E-state index contributed by atoms with van der Waals surface area (Å²) in [6.45, 7) is 0. The Labute approximate surface area is 81.4 Å². The number of allylic oxidation sites excluding steroid dienone is 8. The van der Waals surface area contributed by atoms with E-state index in [1.165, 1.54) is 6.42 Å². The van der Waals surface area contributed by atoms with Gasteiger partial charge in [0.25, 0.3) is 0 Å². The molecule has 0 aliphatic heterocycles. The van der Waals surface area contributed by atoms with E-state index < -0.39 is 0 Å². The van der Waals surface area contributed by atoms with E-state index in [0.29, 0.717) is 0 Å². The van der Waals surface area contributed by atoms with Crippen LogP contribution in [0.4, 0.5) is 0 Å². The Morgan fingerprint density at radius 2 is 1.31 bits per heavy atom. The van der Waals surface area contributed by atoms with Gasteiger partial charge in [-0.2, -0.15) is 0 Å². The molecule has 1 aliphatic carbocycles. The predicted molar refractivity (Wildman–Crippen MR) is 58.3 cm³/mol. The minimum absolute atomic E-state index is 0.939. The third-order valence-corrected chi connectivity index (χ3v) is 1.92. The van der Waals surface area contributed by atoms with E-state index in [9.17, 15) is 0 Å². The fraction of sp³-hybridized carbons (Fsp3) is 0.385. The van der Waals surface area contributed by atoms with Crippen molar-refractivity contribution < 1.29 is 0 Å². The smallest absolute Gasteiger partial charge is 0.00946 e. The minimum Gasteiger partial charge on any atom is -0.0882 e. The average Bonchev–Trinajstić information content (AvgIpc) is 2.18.